The molecular weight excluding hydrogens is 295 g/mol. The highest BCUT2D eigenvalue weighted by atomic mass is 35.5. The summed E-state index contributed by atoms with van der Waals surface area (Å²) in [6.45, 7) is 8.75. The first-order valence-electron chi connectivity index (χ1n) is 6.92. The van der Waals surface area contributed by atoms with E-state index < -0.39 is 0 Å². The van der Waals surface area contributed by atoms with Crippen molar-refractivity contribution in [1.29, 1.82) is 0 Å². The van der Waals surface area contributed by atoms with Crippen LogP contribution >= 0.6 is 23.2 Å². The van der Waals surface area contributed by atoms with Crippen LogP contribution < -0.4 is 10.6 Å². The van der Waals surface area contributed by atoms with Gasteiger partial charge in [0.2, 0.25) is 0 Å². The Morgan fingerprint density at radius 1 is 1.20 bits per heavy atom. The van der Waals surface area contributed by atoms with E-state index in [9.17, 15) is 4.79 Å². The first kappa shape index (κ1) is 17.1. The minimum atomic E-state index is -0.211. The lowest BCUT2D eigenvalue weighted by atomic mass is 9.94. The van der Waals surface area contributed by atoms with Gasteiger partial charge in [0.05, 0.1) is 15.6 Å². The SMILES string of the molecule is CCNC(=O)c1c(NC(C)(CC)CC)ccc(Cl)c1Cl. The molecule has 1 amide bonds. The van der Waals surface area contributed by atoms with Gasteiger partial charge in [-0.05, 0) is 38.8 Å². The molecule has 0 radical (unpaired) electrons. The van der Waals surface area contributed by atoms with Crippen molar-refractivity contribution in [3.63, 3.8) is 0 Å². The quantitative estimate of drug-likeness (QED) is 0.796. The maximum Gasteiger partial charge on any atom is 0.254 e. The van der Waals surface area contributed by atoms with Crippen LogP contribution in [0.5, 0.6) is 0 Å². The van der Waals surface area contributed by atoms with Crippen molar-refractivity contribution >= 4 is 34.8 Å². The molecular formula is C15H22Cl2N2O. The number of hydrogen-bond donors (Lipinski definition) is 2. The zero-order valence-electron chi connectivity index (χ0n) is 12.4. The van der Waals surface area contributed by atoms with E-state index in [0.717, 1.165) is 18.5 Å². The van der Waals surface area contributed by atoms with Crippen LogP contribution in [0.1, 0.15) is 50.9 Å². The fourth-order valence-electron chi connectivity index (χ4n) is 1.88. The van der Waals surface area contributed by atoms with E-state index in [2.05, 4.69) is 31.4 Å². The van der Waals surface area contributed by atoms with Gasteiger partial charge < -0.3 is 10.6 Å². The number of carbonyl (C=O) groups is 1. The molecule has 0 saturated heterocycles. The monoisotopic (exact) mass is 316 g/mol. The summed E-state index contributed by atoms with van der Waals surface area (Å²) in [5.74, 6) is -0.211. The van der Waals surface area contributed by atoms with Gasteiger partial charge in [-0.25, -0.2) is 0 Å². The van der Waals surface area contributed by atoms with Gasteiger partial charge in [0.25, 0.3) is 5.91 Å². The van der Waals surface area contributed by atoms with E-state index in [0.29, 0.717) is 17.1 Å². The zero-order valence-corrected chi connectivity index (χ0v) is 14.0. The van der Waals surface area contributed by atoms with Crippen LogP contribution in [0, 0.1) is 0 Å². The molecule has 1 rings (SSSR count). The number of benzene rings is 1. The molecule has 0 heterocycles. The minimum absolute atomic E-state index is 0.0849. The van der Waals surface area contributed by atoms with Gasteiger partial charge in [-0.15, -0.1) is 0 Å². The van der Waals surface area contributed by atoms with Gasteiger partial charge in [-0.2, -0.15) is 0 Å². The third-order valence-electron chi connectivity index (χ3n) is 3.66. The number of rotatable bonds is 6. The highest BCUT2D eigenvalue weighted by Crippen LogP contribution is 2.34. The number of nitrogens with one attached hydrogen (secondary N) is 2. The average Bonchev–Trinajstić information content (AvgIpc) is 2.43. The summed E-state index contributed by atoms with van der Waals surface area (Å²) in [4.78, 5) is 12.2. The molecule has 0 bridgehead atoms. The van der Waals surface area contributed by atoms with Gasteiger partial charge in [-0.1, -0.05) is 37.0 Å². The van der Waals surface area contributed by atoms with Gasteiger partial charge in [-0.3, -0.25) is 4.79 Å². The predicted octanol–water partition coefficient (Wildman–Crippen LogP) is 4.73. The number of hydrogen-bond acceptors (Lipinski definition) is 2. The second-order valence-corrected chi connectivity index (χ2v) is 5.82. The zero-order chi connectivity index (χ0) is 15.3. The summed E-state index contributed by atoms with van der Waals surface area (Å²) < 4.78 is 0. The smallest absolute Gasteiger partial charge is 0.254 e. The molecule has 2 N–H and O–H groups in total. The maximum atomic E-state index is 12.2. The summed E-state index contributed by atoms with van der Waals surface area (Å²) in [5.41, 5.74) is 1.05. The molecule has 0 unspecified atom stereocenters. The third-order valence-corrected chi connectivity index (χ3v) is 4.46. The van der Waals surface area contributed by atoms with E-state index >= 15 is 0 Å². The summed E-state index contributed by atoms with van der Waals surface area (Å²) in [6, 6.07) is 3.52. The van der Waals surface area contributed by atoms with Crippen LogP contribution in [-0.4, -0.2) is 18.0 Å². The molecule has 0 atom stereocenters. The molecule has 20 heavy (non-hydrogen) atoms. The Morgan fingerprint density at radius 3 is 2.30 bits per heavy atom. The van der Waals surface area contributed by atoms with Crippen molar-refractivity contribution in [2.24, 2.45) is 0 Å². The van der Waals surface area contributed by atoms with Crippen LogP contribution in [0.25, 0.3) is 0 Å². The van der Waals surface area contributed by atoms with Gasteiger partial charge >= 0.3 is 0 Å². The van der Waals surface area contributed by atoms with E-state index in [-0.39, 0.29) is 16.5 Å². The number of halogens is 2. The Labute approximate surface area is 131 Å². The summed E-state index contributed by atoms with van der Waals surface area (Å²) in [6.07, 6.45) is 1.89. The lowest BCUT2D eigenvalue weighted by molar-refractivity contribution is 0.0956. The van der Waals surface area contributed by atoms with Gasteiger partial charge in [0, 0.05) is 17.8 Å². The molecule has 1 aromatic rings. The Bertz CT molecular complexity index is 485. The molecule has 0 fully saturated rings. The number of anilines is 1. The average molecular weight is 317 g/mol. The number of amides is 1. The van der Waals surface area contributed by atoms with Crippen molar-refractivity contribution in [1.82, 2.24) is 5.32 Å². The summed E-state index contributed by atoms with van der Waals surface area (Å²) in [5, 5.41) is 6.87. The Balaban J connectivity index is 3.26. The predicted molar refractivity (Wildman–Crippen MR) is 87.1 cm³/mol. The highest BCUT2D eigenvalue weighted by molar-refractivity contribution is 6.44. The molecule has 1 aromatic carbocycles. The van der Waals surface area contributed by atoms with Crippen molar-refractivity contribution in [3.8, 4) is 0 Å². The first-order valence-corrected chi connectivity index (χ1v) is 7.68. The Morgan fingerprint density at radius 2 is 1.80 bits per heavy atom. The molecule has 5 heteroatoms. The molecule has 0 aliphatic carbocycles. The topological polar surface area (TPSA) is 41.1 Å². The van der Waals surface area contributed by atoms with Gasteiger partial charge in [0.15, 0.2) is 0 Å². The van der Waals surface area contributed by atoms with Crippen LogP contribution in [0.3, 0.4) is 0 Å². The second-order valence-electron chi connectivity index (χ2n) is 5.04. The van der Waals surface area contributed by atoms with Gasteiger partial charge in [0.1, 0.15) is 0 Å². The van der Waals surface area contributed by atoms with E-state index in [4.69, 9.17) is 23.2 Å². The Hall–Kier alpha value is -0.930. The van der Waals surface area contributed by atoms with Crippen molar-refractivity contribution in [2.75, 3.05) is 11.9 Å². The fraction of sp³-hybridized carbons (Fsp3) is 0.533. The standard InChI is InChI=1S/C15H22Cl2N2O/c1-5-15(4,6-2)19-11-9-8-10(16)13(17)12(11)14(20)18-7-3/h8-9,19H,5-7H2,1-4H3,(H,18,20). The highest BCUT2D eigenvalue weighted by Gasteiger charge is 2.24. The fourth-order valence-corrected chi connectivity index (χ4v) is 2.29. The molecule has 0 aliphatic rings. The molecule has 3 nitrogen and oxygen atoms in total. The van der Waals surface area contributed by atoms with Crippen molar-refractivity contribution < 1.29 is 4.79 Å². The molecule has 0 aromatic heterocycles. The largest absolute Gasteiger partial charge is 0.379 e. The lowest BCUT2D eigenvalue weighted by Crippen LogP contribution is -2.34. The number of carbonyl (C=O) groups excluding carboxylic acids is 1. The van der Waals surface area contributed by atoms with E-state index in [1.54, 1.807) is 6.07 Å². The van der Waals surface area contributed by atoms with E-state index in [1.807, 2.05) is 13.0 Å². The normalized spacial score (nSPS) is 11.3. The lowest BCUT2D eigenvalue weighted by Gasteiger charge is -2.31. The van der Waals surface area contributed by atoms with Crippen LogP contribution in [-0.2, 0) is 0 Å². The molecule has 0 saturated carbocycles. The van der Waals surface area contributed by atoms with Crippen LogP contribution in [0.2, 0.25) is 10.0 Å². The summed E-state index contributed by atoms with van der Waals surface area (Å²) >= 11 is 12.2. The van der Waals surface area contributed by atoms with Crippen LogP contribution in [0.15, 0.2) is 12.1 Å². The van der Waals surface area contributed by atoms with Crippen molar-refractivity contribution in [3.05, 3.63) is 27.7 Å². The second kappa shape index (κ2) is 7.19. The Kier molecular flexibility index (Phi) is 6.15. The molecule has 0 spiro atoms. The van der Waals surface area contributed by atoms with Crippen LogP contribution in [0.4, 0.5) is 5.69 Å². The minimum Gasteiger partial charge on any atom is -0.379 e. The van der Waals surface area contributed by atoms with E-state index in [1.165, 1.54) is 0 Å². The van der Waals surface area contributed by atoms with Crippen molar-refractivity contribution in [2.45, 2.75) is 46.1 Å². The maximum absolute atomic E-state index is 12.2. The third kappa shape index (κ3) is 3.80. The summed E-state index contributed by atoms with van der Waals surface area (Å²) in [7, 11) is 0. The molecule has 112 valence electrons. The first-order chi connectivity index (χ1) is 9.38. The molecule has 0 aliphatic heterocycles.